The molecule has 0 spiro atoms. The largest absolute Gasteiger partial charge is 0.461 e. The number of anilines is 1. The van der Waals surface area contributed by atoms with Gasteiger partial charge in [0.1, 0.15) is 23.6 Å². The van der Waals surface area contributed by atoms with E-state index in [1.807, 2.05) is 39.0 Å². The second kappa shape index (κ2) is 8.50. The molecule has 156 valence electrons. The summed E-state index contributed by atoms with van der Waals surface area (Å²) in [7, 11) is 0. The molecular weight excluding hydrogens is 374 g/mol. The Morgan fingerprint density at radius 3 is 2.45 bits per heavy atom. The van der Waals surface area contributed by atoms with Gasteiger partial charge in [0, 0.05) is 32.4 Å². The Bertz CT molecular complexity index is 866. The average Bonchev–Trinajstić information content (AvgIpc) is 3.17. The first-order valence-corrected chi connectivity index (χ1v) is 9.68. The molecule has 1 amide bonds. The van der Waals surface area contributed by atoms with Crippen molar-refractivity contribution in [3.05, 3.63) is 36.4 Å². The van der Waals surface area contributed by atoms with Crippen molar-refractivity contribution < 1.29 is 19.1 Å². The number of piperazine rings is 1. The highest BCUT2D eigenvalue weighted by atomic mass is 16.6. The van der Waals surface area contributed by atoms with Crippen LogP contribution in [0.3, 0.4) is 0 Å². The molecule has 3 heterocycles. The van der Waals surface area contributed by atoms with Crippen LogP contribution in [-0.2, 0) is 9.47 Å². The molecule has 0 aromatic carbocycles. The van der Waals surface area contributed by atoms with Crippen LogP contribution >= 0.6 is 0 Å². The van der Waals surface area contributed by atoms with Crippen molar-refractivity contribution in [2.75, 3.05) is 37.7 Å². The molecule has 1 saturated heterocycles. The predicted octanol–water partition coefficient (Wildman–Crippen LogP) is 2.50. The predicted molar refractivity (Wildman–Crippen MR) is 107 cm³/mol. The van der Waals surface area contributed by atoms with Crippen LogP contribution in [0, 0.1) is 0 Å². The molecule has 2 aromatic rings. The molecule has 3 rings (SSSR count). The molecular formula is C20H27N5O4. The number of carbonyl (C=O) groups excluding carboxylic acids is 2. The molecule has 0 N–H and O–H groups in total. The molecule has 0 saturated carbocycles. The van der Waals surface area contributed by atoms with Crippen molar-refractivity contribution in [2.45, 2.75) is 33.3 Å². The van der Waals surface area contributed by atoms with Crippen molar-refractivity contribution in [3.63, 3.8) is 0 Å². The van der Waals surface area contributed by atoms with E-state index in [-0.39, 0.29) is 11.8 Å². The number of nitrogens with zero attached hydrogens (tertiary/aromatic N) is 5. The Hall–Kier alpha value is -3.10. The van der Waals surface area contributed by atoms with Gasteiger partial charge in [0.05, 0.1) is 6.61 Å². The molecule has 29 heavy (non-hydrogen) atoms. The van der Waals surface area contributed by atoms with Crippen LogP contribution in [0.1, 0.15) is 38.2 Å². The number of hydrogen-bond acceptors (Lipinski definition) is 7. The monoisotopic (exact) mass is 401 g/mol. The number of esters is 1. The van der Waals surface area contributed by atoms with E-state index >= 15 is 0 Å². The number of pyridine rings is 1. The summed E-state index contributed by atoms with van der Waals surface area (Å²) in [5.41, 5.74) is -0.262. The highest BCUT2D eigenvalue weighted by Crippen LogP contribution is 2.18. The van der Waals surface area contributed by atoms with Crippen LogP contribution in [-0.4, -0.2) is 69.9 Å². The number of hydrogen-bond donors (Lipinski definition) is 0. The van der Waals surface area contributed by atoms with Gasteiger partial charge in [0.25, 0.3) is 0 Å². The van der Waals surface area contributed by atoms with Gasteiger partial charge in [-0.15, -0.1) is 0 Å². The number of carbonyl (C=O) groups is 2. The fourth-order valence-corrected chi connectivity index (χ4v) is 2.94. The van der Waals surface area contributed by atoms with E-state index in [0.717, 1.165) is 5.82 Å². The molecule has 0 bridgehead atoms. The first kappa shape index (κ1) is 20.6. The van der Waals surface area contributed by atoms with Crippen LogP contribution < -0.4 is 4.90 Å². The van der Waals surface area contributed by atoms with E-state index < -0.39 is 11.6 Å². The minimum atomic E-state index is -0.503. The van der Waals surface area contributed by atoms with E-state index in [4.69, 9.17) is 9.47 Å². The summed E-state index contributed by atoms with van der Waals surface area (Å²) in [4.78, 5) is 36.6. The average molecular weight is 401 g/mol. The minimum absolute atomic E-state index is 0.241. The summed E-state index contributed by atoms with van der Waals surface area (Å²) in [6.07, 6.45) is 2.85. The van der Waals surface area contributed by atoms with E-state index in [9.17, 15) is 9.59 Å². The first-order chi connectivity index (χ1) is 13.8. The number of amides is 1. The van der Waals surface area contributed by atoms with E-state index in [0.29, 0.717) is 38.6 Å². The standard InChI is InChI=1S/C20H27N5O4/c1-5-28-18(26)15-13-25(14-21-15)17-8-6-7-16(22-17)23-9-11-24(12-10-23)19(27)29-20(2,3)4/h6-8,13-14H,5,9-12H2,1-4H3. The lowest BCUT2D eigenvalue weighted by molar-refractivity contribution is 0.0240. The van der Waals surface area contributed by atoms with Crippen molar-refractivity contribution in [1.82, 2.24) is 19.4 Å². The summed E-state index contributed by atoms with van der Waals surface area (Å²) in [6.45, 7) is 10.1. The molecule has 0 unspecified atom stereocenters. The number of imidazole rings is 1. The number of ether oxygens (including phenoxy) is 2. The molecule has 1 aliphatic heterocycles. The molecule has 2 aromatic heterocycles. The normalized spacial score (nSPS) is 14.6. The third-order valence-electron chi connectivity index (χ3n) is 4.31. The zero-order valence-corrected chi connectivity index (χ0v) is 17.3. The van der Waals surface area contributed by atoms with Crippen LogP contribution in [0.4, 0.5) is 10.6 Å². The van der Waals surface area contributed by atoms with Gasteiger partial charge in [-0.2, -0.15) is 0 Å². The fourth-order valence-electron chi connectivity index (χ4n) is 2.94. The van der Waals surface area contributed by atoms with Crippen LogP contribution in [0.2, 0.25) is 0 Å². The summed E-state index contributed by atoms with van der Waals surface area (Å²) < 4.78 is 12.1. The maximum atomic E-state index is 12.2. The van der Waals surface area contributed by atoms with Gasteiger partial charge in [0.2, 0.25) is 0 Å². The topological polar surface area (TPSA) is 89.8 Å². The Morgan fingerprint density at radius 2 is 1.79 bits per heavy atom. The van der Waals surface area contributed by atoms with Crippen molar-refractivity contribution in [1.29, 1.82) is 0 Å². The summed E-state index contributed by atoms with van der Waals surface area (Å²) in [6, 6.07) is 5.68. The van der Waals surface area contributed by atoms with Crippen molar-refractivity contribution >= 4 is 17.9 Å². The zero-order chi connectivity index (χ0) is 21.0. The Balaban J connectivity index is 1.65. The lowest BCUT2D eigenvalue weighted by Crippen LogP contribution is -2.50. The Morgan fingerprint density at radius 1 is 1.10 bits per heavy atom. The summed E-state index contributed by atoms with van der Waals surface area (Å²) in [5, 5.41) is 0. The summed E-state index contributed by atoms with van der Waals surface area (Å²) in [5.74, 6) is 0.999. The van der Waals surface area contributed by atoms with Gasteiger partial charge in [-0.3, -0.25) is 4.57 Å². The van der Waals surface area contributed by atoms with Crippen molar-refractivity contribution in [2.24, 2.45) is 0 Å². The molecule has 1 aliphatic rings. The lowest BCUT2D eigenvalue weighted by Gasteiger charge is -2.36. The van der Waals surface area contributed by atoms with Gasteiger partial charge in [-0.25, -0.2) is 19.6 Å². The fraction of sp³-hybridized carbons (Fsp3) is 0.500. The maximum absolute atomic E-state index is 12.2. The third kappa shape index (κ3) is 5.24. The highest BCUT2D eigenvalue weighted by Gasteiger charge is 2.26. The second-order valence-corrected chi connectivity index (χ2v) is 7.70. The highest BCUT2D eigenvalue weighted by molar-refractivity contribution is 5.87. The first-order valence-electron chi connectivity index (χ1n) is 9.68. The smallest absolute Gasteiger partial charge is 0.410 e. The van der Waals surface area contributed by atoms with Crippen LogP contribution in [0.5, 0.6) is 0 Å². The maximum Gasteiger partial charge on any atom is 0.410 e. The van der Waals surface area contributed by atoms with E-state index in [1.54, 1.807) is 28.9 Å². The minimum Gasteiger partial charge on any atom is -0.461 e. The van der Waals surface area contributed by atoms with E-state index in [1.165, 1.54) is 0 Å². The lowest BCUT2D eigenvalue weighted by atomic mass is 10.2. The molecule has 0 radical (unpaired) electrons. The SMILES string of the molecule is CCOC(=O)c1cn(-c2cccc(N3CCN(C(=O)OC(C)(C)C)CC3)n2)cn1. The summed E-state index contributed by atoms with van der Waals surface area (Å²) >= 11 is 0. The molecule has 9 nitrogen and oxygen atoms in total. The van der Waals surface area contributed by atoms with E-state index in [2.05, 4.69) is 14.9 Å². The van der Waals surface area contributed by atoms with Gasteiger partial charge in [-0.05, 0) is 39.8 Å². The zero-order valence-electron chi connectivity index (χ0n) is 17.3. The quantitative estimate of drug-likeness (QED) is 0.727. The van der Waals surface area contributed by atoms with Gasteiger partial charge in [0.15, 0.2) is 5.69 Å². The Labute approximate surface area is 170 Å². The Kier molecular flexibility index (Phi) is 6.05. The number of rotatable bonds is 4. The van der Waals surface area contributed by atoms with Gasteiger partial charge >= 0.3 is 12.1 Å². The van der Waals surface area contributed by atoms with Gasteiger partial charge in [-0.1, -0.05) is 6.07 Å². The second-order valence-electron chi connectivity index (χ2n) is 7.70. The molecule has 0 aliphatic carbocycles. The van der Waals surface area contributed by atoms with Crippen molar-refractivity contribution in [3.8, 4) is 5.82 Å². The third-order valence-corrected chi connectivity index (χ3v) is 4.31. The van der Waals surface area contributed by atoms with Crippen LogP contribution in [0.15, 0.2) is 30.7 Å². The van der Waals surface area contributed by atoms with Crippen LogP contribution in [0.25, 0.3) is 5.82 Å². The van der Waals surface area contributed by atoms with Gasteiger partial charge < -0.3 is 19.3 Å². The number of aromatic nitrogens is 3. The molecule has 9 heteroatoms. The molecule has 0 atom stereocenters. The molecule has 1 fully saturated rings.